The molecule has 0 N–H and O–H groups in total. The van der Waals surface area contributed by atoms with Crippen LogP contribution < -0.4 is 19.5 Å². The van der Waals surface area contributed by atoms with Crippen molar-refractivity contribution in [2.45, 2.75) is 16.6 Å². The third-order valence-corrected chi connectivity index (χ3v) is 5.36. The number of hydrogen-bond acceptors (Lipinski definition) is 7. The molecule has 0 aromatic heterocycles. The molecule has 2 aromatic rings. The Hall–Kier alpha value is -3.00. The molecule has 0 saturated carbocycles. The van der Waals surface area contributed by atoms with Crippen molar-refractivity contribution >= 4 is 35.2 Å². The van der Waals surface area contributed by atoms with E-state index in [4.69, 9.17) is 9.47 Å². The van der Waals surface area contributed by atoms with Crippen LogP contribution in [0.15, 0.2) is 47.4 Å². The van der Waals surface area contributed by atoms with Gasteiger partial charge >= 0.3 is 0 Å². The van der Waals surface area contributed by atoms with E-state index in [9.17, 15) is 19.5 Å². The van der Waals surface area contributed by atoms with Crippen molar-refractivity contribution < 1.29 is 29.0 Å². The second kappa shape index (κ2) is 6.38. The van der Waals surface area contributed by atoms with Crippen molar-refractivity contribution in [1.29, 1.82) is 0 Å². The molecule has 2 amide bonds. The largest absolute Gasteiger partial charge is 0.545 e. The maximum absolute atomic E-state index is 12.8. The number of anilines is 1. The van der Waals surface area contributed by atoms with Gasteiger partial charge in [0.15, 0.2) is 11.5 Å². The van der Waals surface area contributed by atoms with E-state index in [-0.39, 0.29) is 24.7 Å². The molecular weight excluding hydrogens is 358 g/mol. The lowest BCUT2D eigenvalue weighted by molar-refractivity contribution is -0.255. The lowest BCUT2D eigenvalue weighted by Crippen LogP contribution is -2.31. The Bertz CT molecular complexity index is 928. The van der Waals surface area contributed by atoms with Crippen LogP contribution in [0.4, 0.5) is 5.69 Å². The van der Waals surface area contributed by atoms with Crippen molar-refractivity contribution in [2.75, 3.05) is 11.7 Å². The highest BCUT2D eigenvalue weighted by Crippen LogP contribution is 2.39. The molecule has 2 aliphatic heterocycles. The van der Waals surface area contributed by atoms with Crippen LogP contribution in [0, 0.1) is 0 Å². The Morgan fingerprint density at radius 1 is 1.12 bits per heavy atom. The Morgan fingerprint density at radius 2 is 1.88 bits per heavy atom. The summed E-state index contributed by atoms with van der Waals surface area (Å²) in [6.07, 6.45) is -0.0146. The summed E-state index contributed by atoms with van der Waals surface area (Å²) < 4.78 is 10.5. The van der Waals surface area contributed by atoms with Gasteiger partial charge in [0.1, 0.15) is 0 Å². The summed E-state index contributed by atoms with van der Waals surface area (Å²) in [6.45, 7) is 0.0964. The van der Waals surface area contributed by atoms with E-state index in [1.54, 1.807) is 36.4 Å². The number of carbonyl (C=O) groups is 3. The Morgan fingerprint density at radius 3 is 2.69 bits per heavy atom. The third-order valence-electron chi connectivity index (χ3n) is 4.10. The molecule has 132 valence electrons. The average molecular weight is 370 g/mol. The zero-order valence-corrected chi connectivity index (χ0v) is 14.2. The van der Waals surface area contributed by atoms with E-state index >= 15 is 0 Å². The number of thioether (sulfide) groups is 1. The number of hydrogen-bond donors (Lipinski definition) is 0. The van der Waals surface area contributed by atoms with E-state index in [0.717, 1.165) is 16.7 Å². The van der Waals surface area contributed by atoms with Gasteiger partial charge in [-0.3, -0.25) is 9.59 Å². The number of amides is 2. The van der Waals surface area contributed by atoms with Gasteiger partial charge in [-0.1, -0.05) is 18.2 Å². The Kier molecular flexibility index (Phi) is 4.04. The van der Waals surface area contributed by atoms with Crippen LogP contribution in [-0.2, 0) is 9.59 Å². The second-order valence-corrected chi connectivity index (χ2v) is 6.94. The number of carboxylic acids is 1. The number of benzene rings is 2. The molecule has 0 bridgehead atoms. The topological polar surface area (TPSA) is 96.0 Å². The molecule has 1 saturated heterocycles. The van der Waals surface area contributed by atoms with Gasteiger partial charge in [-0.05, 0) is 18.2 Å². The second-order valence-electron chi connectivity index (χ2n) is 5.70. The van der Waals surface area contributed by atoms with Gasteiger partial charge in [-0.25, -0.2) is 4.90 Å². The minimum atomic E-state index is -1.32. The zero-order valence-electron chi connectivity index (χ0n) is 13.3. The van der Waals surface area contributed by atoms with Crippen LogP contribution in [-0.4, -0.2) is 29.8 Å². The maximum Gasteiger partial charge on any atom is 0.247 e. The predicted molar refractivity (Wildman–Crippen MR) is 90.1 cm³/mol. The lowest BCUT2D eigenvalue weighted by Gasteiger charge is -2.16. The molecule has 2 aliphatic rings. The summed E-state index contributed by atoms with van der Waals surface area (Å²) >= 11 is 1.05. The number of ether oxygens (including phenoxy) is 2. The average Bonchev–Trinajstić information content (AvgIpc) is 3.19. The van der Waals surface area contributed by atoms with Crippen molar-refractivity contribution in [1.82, 2.24) is 0 Å². The summed E-state index contributed by atoms with van der Waals surface area (Å²) in [6, 6.07) is 11.1. The first-order chi connectivity index (χ1) is 12.5. The van der Waals surface area contributed by atoms with Crippen LogP contribution in [0.1, 0.15) is 16.8 Å². The quantitative estimate of drug-likeness (QED) is 0.746. The number of imide groups is 1. The lowest BCUT2D eigenvalue weighted by atomic mass is 10.2. The maximum atomic E-state index is 12.8. The van der Waals surface area contributed by atoms with Crippen LogP contribution in [0.5, 0.6) is 11.5 Å². The molecule has 2 heterocycles. The van der Waals surface area contributed by atoms with E-state index in [1.807, 2.05) is 0 Å². The van der Waals surface area contributed by atoms with Crippen molar-refractivity contribution in [3.8, 4) is 11.5 Å². The van der Waals surface area contributed by atoms with Gasteiger partial charge in [0.2, 0.25) is 18.6 Å². The highest BCUT2D eigenvalue weighted by Gasteiger charge is 2.40. The molecule has 4 rings (SSSR count). The number of rotatable bonds is 4. The minimum Gasteiger partial charge on any atom is -0.545 e. The van der Waals surface area contributed by atoms with Crippen LogP contribution in [0.25, 0.3) is 0 Å². The van der Waals surface area contributed by atoms with Gasteiger partial charge in [0.05, 0.1) is 16.9 Å². The van der Waals surface area contributed by atoms with Crippen LogP contribution in [0.3, 0.4) is 0 Å². The van der Waals surface area contributed by atoms with Gasteiger partial charge in [0.25, 0.3) is 0 Å². The molecule has 26 heavy (non-hydrogen) atoms. The van der Waals surface area contributed by atoms with Crippen molar-refractivity contribution in [2.24, 2.45) is 0 Å². The predicted octanol–water partition coefficient (Wildman–Crippen LogP) is 1.20. The summed E-state index contributed by atoms with van der Waals surface area (Å²) in [7, 11) is 0. The standard InChI is InChI=1S/C18H13NO6S/c20-16-8-15(26-14-4-2-1-3-11(14)18(22)23)17(21)19(16)10-5-6-12-13(7-10)25-9-24-12/h1-7,15H,8-9H2,(H,22,23)/p-1/t15-/m1/s1. The molecule has 0 spiro atoms. The number of nitrogens with zero attached hydrogens (tertiary/aromatic N) is 1. The Balaban J connectivity index is 1.59. The number of aromatic carboxylic acids is 1. The van der Waals surface area contributed by atoms with Gasteiger partial charge in [-0.2, -0.15) is 0 Å². The van der Waals surface area contributed by atoms with Crippen LogP contribution in [0.2, 0.25) is 0 Å². The fourth-order valence-electron chi connectivity index (χ4n) is 2.88. The summed E-state index contributed by atoms with van der Waals surface area (Å²) in [5.41, 5.74) is 0.403. The number of fused-ring (bicyclic) bond motifs is 1. The fourth-order valence-corrected chi connectivity index (χ4v) is 4.06. The first-order valence-corrected chi connectivity index (χ1v) is 8.66. The molecule has 0 radical (unpaired) electrons. The first kappa shape index (κ1) is 16.5. The molecule has 1 fully saturated rings. The SMILES string of the molecule is O=C([O-])c1ccccc1S[C@@H]1CC(=O)N(c2ccc3c(c2)OCO3)C1=O. The smallest absolute Gasteiger partial charge is 0.247 e. The number of carboxylic acid groups (broad SMARTS) is 1. The highest BCUT2D eigenvalue weighted by atomic mass is 32.2. The molecular formula is C18H12NO6S-. The van der Waals surface area contributed by atoms with Gasteiger partial charge in [-0.15, -0.1) is 11.8 Å². The van der Waals surface area contributed by atoms with E-state index in [0.29, 0.717) is 22.1 Å². The monoisotopic (exact) mass is 370 g/mol. The third kappa shape index (κ3) is 2.78. The molecule has 7 nitrogen and oxygen atoms in total. The van der Waals surface area contributed by atoms with Crippen molar-refractivity contribution in [3.63, 3.8) is 0 Å². The summed E-state index contributed by atoms with van der Waals surface area (Å²) in [5.74, 6) is -1.04. The van der Waals surface area contributed by atoms with Crippen LogP contribution >= 0.6 is 11.8 Å². The van der Waals surface area contributed by atoms with E-state index in [2.05, 4.69) is 0 Å². The van der Waals surface area contributed by atoms with E-state index in [1.165, 1.54) is 6.07 Å². The molecule has 0 aliphatic carbocycles. The minimum absolute atomic E-state index is 0.000668. The normalized spacial score (nSPS) is 18.5. The zero-order chi connectivity index (χ0) is 18.3. The summed E-state index contributed by atoms with van der Waals surface area (Å²) in [4.78, 5) is 37.9. The van der Waals surface area contributed by atoms with E-state index < -0.39 is 17.1 Å². The van der Waals surface area contributed by atoms with Gasteiger partial charge < -0.3 is 19.4 Å². The molecule has 0 unspecified atom stereocenters. The number of carbonyl (C=O) groups excluding carboxylic acids is 3. The molecule has 8 heteroatoms. The first-order valence-electron chi connectivity index (χ1n) is 7.78. The van der Waals surface area contributed by atoms with Gasteiger partial charge in [0, 0.05) is 22.9 Å². The molecule has 2 aromatic carbocycles. The Labute approximate surface area is 152 Å². The fraction of sp³-hybridized carbons (Fsp3) is 0.167. The highest BCUT2D eigenvalue weighted by molar-refractivity contribution is 8.00. The molecule has 1 atom stereocenters. The van der Waals surface area contributed by atoms with Crippen molar-refractivity contribution in [3.05, 3.63) is 48.0 Å². The summed E-state index contributed by atoms with van der Waals surface area (Å²) in [5, 5.41) is 10.5.